The van der Waals surface area contributed by atoms with Crippen molar-refractivity contribution in [3.8, 4) is 5.75 Å². The third kappa shape index (κ3) is 7.07. The molecule has 0 atom stereocenters. The second kappa shape index (κ2) is 11.9. The average Bonchev–Trinajstić information content (AvgIpc) is 2.79. The van der Waals surface area contributed by atoms with Crippen LogP contribution in [0.4, 0.5) is 0 Å². The van der Waals surface area contributed by atoms with E-state index in [4.69, 9.17) is 4.74 Å². The molecular formula is C28H38O. The van der Waals surface area contributed by atoms with Crippen molar-refractivity contribution in [3.63, 3.8) is 0 Å². The molecule has 3 rings (SSSR count). The summed E-state index contributed by atoms with van der Waals surface area (Å²) in [5.41, 5.74) is 4.01. The van der Waals surface area contributed by atoms with E-state index in [0.29, 0.717) is 0 Å². The van der Waals surface area contributed by atoms with Crippen molar-refractivity contribution >= 4 is 12.2 Å². The number of ether oxygens (including phenoxy) is 1. The van der Waals surface area contributed by atoms with Gasteiger partial charge in [-0.2, -0.15) is 0 Å². The van der Waals surface area contributed by atoms with E-state index in [2.05, 4.69) is 74.5 Å². The molecule has 1 fully saturated rings. The third-order valence-electron chi connectivity index (χ3n) is 6.45. The van der Waals surface area contributed by atoms with Crippen LogP contribution in [-0.4, -0.2) is 6.61 Å². The van der Waals surface area contributed by atoms with Gasteiger partial charge in [-0.1, -0.05) is 88.1 Å². The highest BCUT2D eigenvalue weighted by molar-refractivity contribution is 5.69. The van der Waals surface area contributed by atoms with Crippen molar-refractivity contribution in [2.24, 2.45) is 5.92 Å². The first-order chi connectivity index (χ1) is 14.3. The first-order valence-corrected chi connectivity index (χ1v) is 11.8. The maximum atomic E-state index is 5.83. The molecule has 0 aliphatic heterocycles. The first-order valence-electron chi connectivity index (χ1n) is 11.8. The van der Waals surface area contributed by atoms with Crippen molar-refractivity contribution in [1.29, 1.82) is 0 Å². The summed E-state index contributed by atoms with van der Waals surface area (Å²) in [6.07, 6.45) is 16.2. The van der Waals surface area contributed by atoms with Crippen LogP contribution in [0.25, 0.3) is 12.2 Å². The second-order valence-corrected chi connectivity index (χ2v) is 8.60. The van der Waals surface area contributed by atoms with Crippen LogP contribution in [0.15, 0.2) is 48.5 Å². The molecule has 0 aromatic heterocycles. The van der Waals surface area contributed by atoms with Gasteiger partial charge in [0, 0.05) is 0 Å². The number of unbranched alkanes of at least 4 members (excludes halogenated alkanes) is 3. The maximum Gasteiger partial charge on any atom is 0.119 e. The Balaban J connectivity index is 1.47. The van der Waals surface area contributed by atoms with E-state index in [-0.39, 0.29) is 0 Å². The Morgan fingerprint density at radius 1 is 0.759 bits per heavy atom. The van der Waals surface area contributed by atoms with Gasteiger partial charge in [0.25, 0.3) is 0 Å². The topological polar surface area (TPSA) is 9.23 Å². The zero-order valence-corrected chi connectivity index (χ0v) is 18.4. The molecule has 0 spiro atoms. The number of rotatable bonds is 10. The van der Waals surface area contributed by atoms with Crippen molar-refractivity contribution in [2.45, 2.75) is 77.6 Å². The zero-order valence-electron chi connectivity index (χ0n) is 18.4. The average molecular weight is 391 g/mol. The predicted octanol–water partition coefficient (Wildman–Crippen LogP) is 8.50. The monoisotopic (exact) mass is 390 g/mol. The van der Waals surface area contributed by atoms with Crippen LogP contribution in [0.1, 0.15) is 94.2 Å². The minimum atomic E-state index is 0.769. The molecule has 0 bridgehead atoms. The van der Waals surface area contributed by atoms with Gasteiger partial charge in [0.05, 0.1) is 6.61 Å². The van der Waals surface area contributed by atoms with Crippen molar-refractivity contribution in [1.82, 2.24) is 0 Å². The van der Waals surface area contributed by atoms with Crippen molar-refractivity contribution in [3.05, 3.63) is 65.2 Å². The summed E-state index contributed by atoms with van der Waals surface area (Å²) in [5, 5.41) is 0. The van der Waals surface area contributed by atoms with E-state index in [1.54, 1.807) is 0 Å². The summed E-state index contributed by atoms with van der Waals surface area (Å²) in [6.45, 7) is 5.39. The van der Waals surface area contributed by atoms with Crippen molar-refractivity contribution < 1.29 is 4.74 Å². The molecular weight excluding hydrogens is 352 g/mol. The summed E-state index contributed by atoms with van der Waals surface area (Å²) >= 11 is 0. The fourth-order valence-corrected chi connectivity index (χ4v) is 4.37. The van der Waals surface area contributed by atoms with Gasteiger partial charge in [0.2, 0.25) is 0 Å². The van der Waals surface area contributed by atoms with Gasteiger partial charge in [-0.3, -0.25) is 0 Å². The normalized spacial score (nSPS) is 19.5. The highest BCUT2D eigenvalue weighted by atomic mass is 16.5. The Labute approximate surface area is 178 Å². The molecule has 0 amide bonds. The maximum absolute atomic E-state index is 5.83. The lowest BCUT2D eigenvalue weighted by Gasteiger charge is -2.28. The molecule has 0 heterocycles. The molecule has 1 aliphatic rings. The second-order valence-electron chi connectivity index (χ2n) is 8.60. The van der Waals surface area contributed by atoms with Gasteiger partial charge in [0.1, 0.15) is 5.75 Å². The lowest BCUT2D eigenvalue weighted by molar-refractivity contribution is 0.305. The first kappa shape index (κ1) is 21.7. The predicted molar refractivity (Wildman–Crippen MR) is 126 cm³/mol. The van der Waals surface area contributed by atoms with Crippen LogP contribution >= 0.6 is 0 Å². The molecule has 29 heavy (non-hydrogen) atoms. The van der Waals surface area contributed by atoms with E-state index < -0.39 is 0 Å². The molecule has 2 aromatic carbocycles. The number of hydrogen-bond donors (Lipinski definition) is 0. The molecule has 2 aromatic rings. The Kier molecular flexibility index (Phi) is 8.86. The highest BCUT2D eigenvalue weighted by Gasteiger charge is 2.20. The zero-order chi connectivity index (χ0) is 20.3. The summed E-state index contributed by atoms with van der Waals surface area (Å²) in [4.78, 5) is 0. The van der Waals surface area contributed by atoms with Crippen LogP contribution in [0.3, 0.4) is 0 Å². The molecule has 0 N–H and O–H groups in total. The van der Waals surface area contributed by atoms with E-state index in [0.717, 1.165) is 30.6 Å². The standard InChI is InChI=1S/C28H38O/c1-3-5-6-7-22-29-28-20-14-25(15-21-28)9-8-24-12-18-27(19-13-24)26-16-10-23(4-2)11-17-26/h8-9,12-15,18-21,23,26H,3-7,10-11,16-17,22H2,1-2H3. The van der Waals surface area contributed by atoms with Gasteiger partial charge in [-0.05, 0) is 72.8 Å². The SMILES string of the molecule is CCCCCCOc1ccc(C=Cc2ccc(C3CCC(CC)CC3)cc2)cc1. The Morgan fingerprint density at radius 3 is 1.97 bits per heavy atom. The van der Waals surface area contributed by atoms with Gasteiger partial charge in [-0.15, -0.1) is 0 Å². The molecule has 1 aliphatic carbocycles. The minimum absolute atomic E-state index is 0.769. The van der Waals surface area contributed by atoms with E-state index in [1.807, 2.05) is 0 Å². The molecule has 0 radical (unpaired) electrons. The largest absolute Gasteiger partial charge is 0.494 e. The number of benzene rings is 2. The fraction of sp³-hybridized carbons (Fsp3) is 0.500. The molecule has 156 valence electrons. The third-order valence-corrected chi connectivity index (χ3v) is 6.45. The summed E-state index contributed by atoms with van der Waals surface area (Å²) in [7, 11) is 0. The highest BCUT2D eigenvalue weighted by Crippen LogP contribution is 2.37. The quantitative estimate of drug-likeness (QED) is 0.292. The van der Waals surface area contributed by atoms with Crippen molar-refractivity contribution in [2.75, 3.05) is 6.61 Å². The van der Waals surface area contributed by atoms with Gasteiger partial charge in [-0.25, -0.2) is 0 Å². The minimum Gasteiger partial charge on any atom is -0.494 e. The van der Waals surface area contributed by atoms with Crippen LogP contribution in [0, 0.1) is 5.92 Å². The van der Waals surface area contributed by atoms with Gasteiger partial charge in [0.15, 0.2) is 0 Å². The molecule has 1 saturated carbocycles. The summed E-state index contributed by atoms with van der Waals surface area (Å²) in [6, 6.07) is 17.6. The van der Waals surface area contributed by atoms with Crippen LogP contribution < -0.4 is 4.74 Å². The lowest BCUT2D eigenvalue weighted by Crippen LogP contribution is -2.12. The Bertz CT molecular complexity index is 718. The number of hydrogen-bond acceptors (Lipinski definition) is 1. The lowest BCUT2D eigenvalue weighted by atomic mass is 9.78. The summed E-state index contributed by atoms with van der Waals surface area (Å²) in [5.74, 6) is 2.71. The van der Waals surface area contributed by atoms with E-state index in [1.165, 1.54) is 68.1 Å². The smallest absolute Gasteiger partial charge is 0.119 e. The Hall–Kier alpha value is -2.02. The van der Waals surface area contributed by atoms with Gasteiger partial charge >= 0.3 is 0 Å². The fourth-order valence-electron chi connectivity index (χ4n) is 4.37. The van der Waals surface area contributed by atoms with Crippen LogP contribution in [-0.2, 0) is 0 Å². The molecule has 0 saturated heterocycles. The van der Waals surface area contributed by atoms with E-state index in [9.17, 15) is 0 Å². The van der Waals surface area contributed by atoms with Gasteiger partial charge < -0.3 is 4.74 Å². The molecule has 0 unspecified atom stereocenters. The summed E-state index contributed by atoms with van der Waals surface area (Å²) < 4.78 is 5.83. The molecule has 1 nitrogen and oxygen atoms in total. The van der Waals surface area contributed by atoms with E-state index >= 15 is 0 Å². The Morgan fingerprint density at radius 2 is 1.38 bits per heavy atom. The van der Waals surface area contributed by atoms with Crippen LogP contribution in [0.5, 0.6) is 5.75 Å². The molecule has 1 heteroatoms. The van der Waals surface area contributed by atoms with Crippen LogP contribution in [0.2, 0.25) is 0 Å².